The number of rotatable bonds is 6. The van der Waals surface area contributed by atoms with Gasteiger partial charge in [-0.1, -0.05) is 18.2 Å². The van der Waals surface area contributed by atoms with E-state index in [0.717, 1.165) is 16.8 Å². The van der Waals surface area contributed by atoms with Gasteiger partial charge in [-0.05, 0) is 54.8 Å². The molecule has 0 spiro atoms. The minimum atomic E-state index is -2.93. The predicted molar refractivity (Wildman–Crippen MR) is 93.2 cm³/mol. The summed E-state index contributed by atoms with van der Waals surface area (Å²) in [5.74, 6) is -0.188. The van der Waals surface area contributed by atoms with Crippen molar-refractivity contribution in [3.8, 4) is 11.5 Å². The van der Waals surface area contributed by atoms with Gasteiger partial charge in [0.05, 0.1) is 7.11 Å². The topological polar surface area (TPSA) is 47.6 Å². The summed E-state index contributed by atoms with van der Waals surface area (Å²) in [6, 6.07) is 10.2. The fourth-order valence-corrected chi connectivity index (χ4v) is 2.20. The van der Waals surface area contributed by atoms with Gasteiger partial charge < -0.3 is 14.8 Å². The van der Waals surface area contributed by atoms with Gasteiger partial charge in [-0.15, -0.1) is 0 Å². The number of benzene rings is 2. The van der Waals surface area contributed by atoms with Crippen LogP contribution in [0.15, 0.2) is 42.5 Å². The lowest BCUT2D eigenvalue weighted by Gasteiger charge is -2.10. The fraction of sp³-hybridized carbons (Fsp3) is 0.211. The number of hydrogen-bond donors (Lipinski definition) is 1. The molecule has 0 saturated heterocycles. The number of hydrogen-bond acceptors (Lipinski definition) is 3. The van der Waals surface area contributed by atoms with Gasteiger partial charge in [0.1, 0.15) is 0 Å². The molecule has 2 rings (SSSR count). The molecule has 0 aliphatic carbocycles. The lowest BCUT2D eigenvalue weighted by Crippen LogP contribution is -2.09. The molecule has 0 fully saturated rings. The molecule has 0 atom stereocenters. The summed E-state index contributed by atoms with van der Waals surface area (Å²) >= 11 is 0. The predicted octanol–water partition coefficient (Wildman–Crippen LogP) is 4.57. The van der Waals surface area contributed by atoms with Crippen LogP contribution in [0.1, 0.15) is 16.7 Å². The maximum absolute atomic E-state index is 12.3. The van der Waals surface area contributed by atoms with Gasteiger partial charge in [0.25, 0.3) is 0 Å². The van der Waals surface area contributed by atoms with Crippen molar-refractivity contribution in [3.63, 3.8) is 0 Å². The largest absolute Gasteiger partial charge is 0.493 e. The number of alkyl halides is 2. The van der Waals surface area contributed by atoms with E-state index in [1.54, 1.807) is 12.1 Å². The van der Waals surface area contributed by atoms with Crippen LogP contribution in [-0.4, -0.2) is 19.6 Å². The molecule has 0 radical (unpaired) electrons. The summed E-state index contributed by atoms with van der Waals surface area (Å²) in [4.78, 5) is 12.1. The Hall–Kier alpha value is -2.89. The molecule has 0 aromatic heterocycles. The van der Waals surface area contributed by atoms with E-state index in [2.05, 4.69) is 10.1 Å². The molecule has 4 nitrogen and oxygen atoms in total. The molecule has 0 aliphatic heterocycles. The van der Waals surface area contributed by atoms with Crippen LogP contribution in [0.25, 0.3) is 6.08 Å². The van der Waals surface area contributed by atoms with Gasteiger partial charge in [0, 0.05) is 11.8 Å². The van der Waals surface area contributed by atoms with Crippen LogP contribution in [0.5, 0.6) is 11.5 Å². The lowest BCUT2D eigenvalue weighted by molar-refractivity contribution is -0.111. The first kappa shape index (κ1) is 18.4. The van der Waals surface area contributed by atoms with E-state index in [4.69, 9.17) is 4.74 Å². The van der Waals surface area contributed by atoms with Crippen molar-refractivity contribution in [2.75, 3.05) is 12.4 Å². The van der Waals surface area contributed by atoms with Gasteiger partial charge in [-0.2, -0.15) is 8.78 Å². The van der Waals surface area contributed by atoms with E-state index in [1.807, 2.05) is 32.0 Å². The van der Waals surface area contributed by atoms with E-state index < -0.39 is 6.61 Å². The minimum Gasteiger partial charge on any atom is -0.493 e. The molecule has 0 bridgehead atoms. The zero-order chi connectivity index (χ0) is 18.4. The standard InChI is InChI=1S/C19H19F2NO3/c1-12-4-5-13(2)15(10-12)22-18(23)9-7-14-6-8-16(25-19(20)21)17(11-14)24-3/h4-11,19H,1-3H3,(H,22,23)/b9-7+. The maximum atomic E-state index is 12.3. The highest BCUT2D eigenvalue weighted by Gasteiger charge is 2.10. The van der Waals surface area contributed by atoms with Crippen molar-refractivity contribution in [2.45, 2.75) is 20.5 Å². The summed E-state index contributed by atoms with van der Waals surface area (Å²) in [5.41, 5.74) is 3.37. The van der Waals surface area contributed by atoms with Crippen LogP contribution >= 0.6 is 0 Å². The Morgan fingerprint density at radius 2 is 1.88 bits per heavy atom. The molecule has 0 aliphatic rings. The van der Waals surface area contributed by atoms with Crippen LogP contribution in [0, 0.1) is 13.8 Å². The number of aryl methyl sites for hydroxylation is 2. The van der Waals surface area contributed by atoms with E-state index in [-0.39, 0.29) is 17.4 Å². The van der Waals surface area contributed by atoms with Crippen molar-refractivity contribution >= 4 is 17.7 Å². The molecular weight excluding hydrogens is 328 g/mol. The highest BCUT2D eigenvalue weighted by Crippen LogP contribution is 2.29. The number of amides is 1. The van der Waals surface area contributed by atoms with E-state index in [0.29, 0.717) is 5.56 Å². The molecular formula is C19H19F2NO3. The summed E-state index contributed by atoms with van der Waals surface area (Å²) in [5, 5.41) is 2.81. The van der Waals surface area contributed by atoms with E-state index in [9.17, 15) is 13.6 Å². The van der Waals surface area contributed by atoms with Crippen molar-refractivity contribution in [1.29, 1.82) is 0 Å². The molecule has 0 heterocycles. The second-order valence-electron chi connectivity index (χ2n) is 5.43. The first-order valence-electron chi connectivity index (χ1n) is 7.58. The zero-order valence-corrected chi connectivity index (χ0v) is 14.2. The van der Waals surface area contributed by atoms with Crippen molar-refractivity contribution in [1.82, 2.24) is 0 Å². The molecule has 25 heavy (non-hydrogen) atoms. The number of ether oxygens (including phenoxy) is 2. The SMILES string of the molecule is COc1cc(/C=C/C(=O)Nc2cc(C)ccc2C)ccc1OC(F)F. The summed E-state index contributed by atoms with van der Waals surface area (Å²) in [6.45, 7) is 0.921. The number of carbonyl (C=O) groups excluding carboxylic acids is 1. The second-order valence-corrected chi connectivity index (χ2v) is 5.43. The number of methoxy groups -OCH3 is 1. The van der Waals surface area contributed by atoms with Crippen LogP contribution in [0.4, 0.5) is 14.5 Å². The molecule has 1 amide bonds. The van der Waals surface area contributed by atoms with E-state index in [1.165, 1.54) is 25.3 Å². The van der Waals surface area contributed by atoms with Crippen molar-refractivity contribution in [2.24, 2.45) is 0 Å². The van der Waals surface area contributed by atoms with Gasteiger partial charge in [-0.3, -0.25) is 4.79 Å². The Morgan fingerprint density at radius 1 is 1.12 bits per heavy atom. The maximum Gasteiger partial charge on any atom is 0.387 e. The Bertz CT molecular complexity index is 788. The molecule has 0 saturated carbocycles. The summed E-state index contributed by atoms with van der Waals surface area (Å²) in [6.07, 6.45) is 2.93. The molecule has 2 aromatic rings. The van der Waals surface area contributed by atoms with Gasteiger partial charge >= 0.3 is 6.61 Å². The molecule has 6 heteroatoms. The van der Waals surface area contributed by atoms with Crippen LogP contribution in [-0.2, 0) is 4.79 Å². The second kappa shape index (κ2) is 8.28. The van der Waals surface area contributed by atoms with Gasteiger partial charge in [0.2, 0.25) is 5.91 Å². The summed E-state index contributed by atoms with van der Waals surface area (Å²) in [7, 11) is 1.36. The lowest BCUT2D eigenvalue weighted by atomic mass is 10.1. The van der Waals surface area contributed by atoms with Crippen molar-refractivity contribution < 1.29 is 23.0 Å². The monoisotopic (exact) mass is 347 g/mol. The van der Waals surface area contributed by atoms with E-state index >= 15 is 0 Å². The highest BCUT2D eigenvalue weighted by molar-refractivity contribution is 6.02. The number of anilines is 1. The average molecular weight is 347 g/mol. The molecule has 0 unspecified atom stereocenters. The smallest absolute Gasteiger partial charge is 0.387 e. The Balaban J connectivity index is 2.10. The fourth-order valence-electron chi connectivity index (χ4n) is 2.20. The van der Waals surface area contributed by atoms with Gasteiger partial charge in [0.15, 0.2) is 11.5 Å². The van der Waals surface area contributed by atoms with Crippen LogP contribution in [0.2, 0.25) is 0 Å². The highest BCUT2D eigenvalue weighted by atomic mass is 19.3. The third kappa shape index (κ3) is 5.31. The third-order valence-corrected chi connectivity index (χ3v) is 3.48. The number of carbonyl (C=O) groups is 1. The Labute approximate surface area is 145 Å². The van der Waals surface area contributed by atoms with Crippen LogP contribution < -0.4 is 14.8 Å². The van der Waals surface area contributed by atoms with Crippen LogP contribution in [0.3, 0.4) is 0 Å². The molecule has 1 N–H and O–H groups in total. The van der Waals surface area contributed by atoms with Gasteiger partial charge in [-0.25, -0.2) is 0 Å². The zero-order valence-electron chi connectivity index (χ0n) is 14.2. The first-order valence-corrected chi connectivity index (χ1v) is 7.58. The minimum absolute atomic E-state index is 0.0607. The first-order chi connectivity index (χ1) is 11.9. The number of halogens is 2. The quantitative estimate of drug-likeness (QED) is 0.779. The normalized spacial score (nSPS) is 11.0. The Kier molecular flexibility index (Phi) is 6.11. The Morgan fingerprint density at radius 3 is 2.56 bits per heavy atom. The summed E-state index contributed by atoms with van der Waals surface area (Å²) < 4.78 is 34.0. The molecule has 132 valence electrons. The van der Waals surface area contributed by atoms with Crippen molar-refractivity contribution in [3.05, 3.63) is 59.2 Å². The average Bonchev–Trinajstić information content (AvgIpc) is 2.56. The molecule has 2 aromatic carbocycles. The third-order valence-electron chi connectivity index (χ3n) is 3.48. The number of nitrogens with one attached hydrogen (secondary N) is 1.